The molecule has 0 radical (unpaired) electrons. The molecule has 1 unspecified atom stereocenters. The highest BCUT2D eigenvalue weighted by molar-refractivity contribution is 5.76. The number of amides is 1. The summed E-state index contributed by atoms with van der Waals surface area (Å²) in [4.78, 5) is 26.1. The van der Waals surface area contributed by atoms with Gasteiger partial charge >= 0.3 is 12.1 Å². The van der Waals surface area contributed by atoms with Crippen molar-refractivity contribution < 1.29 is 19.1 Å². The zero-order chi connectivity index (χ0) is 18.9. The summed E-state index contributed by atoms with van der Waals surface area (Å²) in [5, 5.41) is 2.96. The molecule has 2 atom stereocenters. The molecule has 0 saturated carbocycles. The summed E-state index contributed by atoms with van der Waals surface area (Å²) in [5.74, 6) is 0.109. The summed E-state index contributed by atoms with van der Waals surface area (Å²) in [5.41, 5.74) is 0.960. The quantitative estimate of drug-likeness (QED) is 0.720. The summed E-state index contributed by atoms with van der Waals surface area (Å²) in [7, 11) is 1.43. The molecule has 1 aromatic rings. The molecule has 0 bridgehead atoms. The van der Waals surface area contributed by atoms with E-state index in [1.54, 1.807) is 0 Å². The van der Waals surface area contributed by atoms with Crippen LogP contribution in [0.5, 0.6) is 0 Å². The van der Waals surface area contributed by atoms with E-state index >= 15 is 0 Å². The van der Waals surface area contributed by atoms with Gasteiger partial charge in [-0.3, -0.25) is 9.69 Å². The van der Waals surface area contributed by atoms with Crippen molar-refractivity contribution in [3.05, 3.63) is 35.9 Å². The molecular formula is C20H30N2O4. The zero-order valence-corrected chi connectivity index (χ0v) is 15.9. The van der Waals surface area contributed by atoms with E-state index < -0.39 is 6.09 Å². The first-order chi connectivity index (χ1) is 12.5. The molecule has 1 fully saturated rings. The number of nitrogens with zero attached hydrogens (tertiary/aromatic N) is 1. The van der Waals surface area contributed by atoms with E-state index in [4.69, 9.17) is 9.47 Å². The molecule has 1 aromatic carbocycles. The Morgan fingerprint density at radius 1 is 1.27 bits per heavy atom. The molecule has 2 rings (SSSR count). The predicted octanol–water partition coefficient (Wildman–Crippen LogP) is 2.96. The Hall–Kier alpha value is -2.08. The Bertz CT molecular complexity index is 576. The van der Waals surface area contributed by atoms with Gasteiger partial charge in [-0.1, -0.05) is 44.2 Å². The van der Waals surface area contributed by atoms with E-state index in [0.29, 0.717) is 0 Å². The SMILES string of the molecule is COC(=O)C1CCCN1CC[C@H](NC(=O)OCc1ccccc1)C(C)C. The van der Waals surface area contributed by atoms with Crippen molar-refractivity contribution in [2.75, 3.05) is 20.2 Å². The average molecular weight is 362 g/mol. The van der Waals surface area contributed by atoms with Crippen molar-refractivity contribution in [1.29, 1.82) is 0 Å². The van der Waals surface area contributed by atoms with E-state index in [9.17, 15) is 9.59 Å². The van der Waals surface area contributed by atoms with Crippen molar-refractivity contribution in [1.82, 2.24) is 10.2 Å². The lowest BCUT2D eigenvalue weighted by Gasteiger charge is -2.27. The van der Waals surface area contributed by atoms with Gasteiger partial charge in [0.25, 0.3) is 0 Å². The van der Waals surface area contributed by atoms with E-state index in [0.717, 1.165) is 37.9 Å². The van der Waals surface area contributed by atoms with Crippen LogP contribution < -0.4 is 5.32 Å². The summed E-state index contributed by atoms with van der Waals surface area (Å²) in [6, 6.07) is 9.46. The third-order valence-electron chi connectivity index (χ3n) is 4.88. The standard InChI is InChI=1S/C20H30N2O4/c1-15(2)17(11-13-22-12-7-10-18(22)19(23)25-3)21-20(24)26-14-16-8-5-4-6-9-16/h4-6,8-9,15,17-18H,7,10-14H2,1-3H3,(H,21,24)/t17-,18?/m0/s1. The molecule has 1 saturated heterocycles. The highest BCUT2D eigenvalue weighted by Crippen LogP contribution is 2.20. The van der Waals surface area contributed by atoms with Crippen LogP contribution in [0, 0.1) is 5.92 Å². The molecule has 26 heavy (non-hydrogen) atoms. The van der Waals surface area contributed by atoms with Crippen LogP contribution in [0.2, 0.25) is 0 Å². The number of alkyl carbamates (subject to hydrolysis) is 1. The first kappa shape index (κ1) is 20.2. The molecule has 0 spiro atoms. The Balaban J connectivity index is 1.80. The molecule has 0 aromatic heterocycles. The number of esters is 1. The number of benzene rings is 1. The highest BCUT2D eigenvalue weighted by atomic mass is 16.5. The van der Waals surface area contributed by atoms with Gasteiger partial charge in [-0.25, -0.2) is 4.79 Å². The lowest BCUT2D eigenvalue weighted by Crippen LogP contribution is -2.43. The fourth-order valence-electron chi connectivity index (χ4n) is 3.29. The lowest BCUT2D eigenvalue weighted by molar-refractivity contribution is -0.145. The molecule has 6 heteroatoms. The number of methoxy groups -OCH3 is 1. The summed E-state index contributed by atoms with van der Waals surface area (Å²) >= 11 is 0. The fourth-order valence-corrected chi connectivity index (χ4v) is 3.29. The van der Waals surface area contributed by atoms with Gasteiger partial charge in [0.2, 0.25) is 0 Å². The lowest BCUT2D eigenvalue weighted by atomic mass is 10.0. The average Bonchev–Trinajstić information content (AvgIpc) is 3.12. The van der Waals surface area contributed by atoms with E-state index in [1.165, 1.54) is 7.11 Å². The maximum Gasteiger partial charge on any atom is 0.407 e. The molecule has 6 nitrogen and oxygen atoms in total. The van der Waals surface area contributed by atoms with E-state index in [2.05, 4.69) is 24.1 Å². The van der Waals surface area contributed by atoms with Crippen LogP contribution in [0.4, 0.5) is 4.79 Å². The minimum absolute atomic E-state index is 0.00262. The van der Waals surface area contributed by atoms with Gasteiger partial charge in [-0.2, -0.15) is 0 Å². The van der Waals surface area contributed by atoms with Gasteiger partial charge in [-0.05, 0) is 37.3 Å². The summed E-state index contributed by atoms with van der Waals surface area (Å²) < 4.78 is 10.2. The van der Waals surface area contributed by atoms with Crippen LogP contribution in [0.15, 0.2) is 30.3 Å². The highest BCUT2D eigenvalue weighted by Gasteiger charge is 2.32. The van der Waals surface area contributed by atoms with Crippen LogP contribution >= 0.6 is 0 Å². The summed E-state index contributed by atoms with van der Waals surface area (Å²) in [6.45, 7) is 6.05. The first-order valence-electron chi connectivity index (χ1n) is 9.30. The van der Waals surface area contributed by atoms with Crippen molar-refractivity contribution in [2.45, 2.75) is 51.8 Å². The molecule has 144 valence electrons. The van der Waals surface area contributed by atoms with Crippen LogP contribution in [-0.4, -0.2) is 49.2 Å². The minimum atomic E-state index is -0.404. The third-order valence-corrected chi connectivity index (χ3v) is 4.88. The number of carbonyl (C=O) groups is 2. The first-order valence-corrected chi connectivity index (χ1v) is 9.30. The number of carbonyl (C=O) groups excluding carboxylic acids is 2. The molecule has 0 aliphatic carbocycles. The topological polar surface area (TPSA) is 67.9 Å². The number of ether oxygens (including phenoxy) is 2. The number of rotatable bonds is 8. The van der Waals surface area contributed by atoms with Gasteiger partial charge in [0.15, 0.2) is 0 Å². The number of hydrogen-bond donors (Lipinski definition) is 1. The molecule has 1 aliphatic rings. The van der Waals surface area contributed by atoms with Crippen LogP contribution in [-0.2, 0) is 20.9 Å². The van der Waals surface area contributed by atoms with E-state index in [1.807, 2.05) is 30.3 Å². The Morgan fingerprint density at radius 2 is 2.00 bits per heavy atom. The van der Waals surface area contributed by atoms with Crippen molar-refractivity contribution >= 4 is 12.1 Å². The number of likely N-dealkylation sites (tertiary alicyclic amines) is 1. The second-order valence-corrected chi connectivity index (χ2v) is 7.06. The summed E-state index contributed by atoms with van der Waals surface area (Å²) in [6.07, 6.45) is 2.20. The van der Waals surface area contributed by atoms with Gasteiger partial charge < -0.3 is 14.8 Å². The number of hydrogen-bond acceptors (Lipinski definition) is 5. The Labute approximate surface area is 155 Å². The largest absolute Gasteiger partial charge is 0.468 e. The van der Waals surface area contributed by atoms with Crippen molar-refractivity contribution in [3.63, 3.8) is 0 Å². The van der Waals surface area contributed by atoms with Gasteiger partial charge in [0.05, 0.1) is 7.11 Å². The van der Waals surface area contributed by atoms with Gasteiger partial charge in [-0.15, -0.1) is 0 Å². The molecular weight excluding hydrogens is 332 g/mol. The third kappa shape index (κ3) is 6.02. The van der Waals surface area contributed by atoms with Crippen LogP contribution in [0.25, 0.3) is 0 Å². The maximum absolute atomic E-state index is 12.1. The fraction of sp³-hybridized carbons (Fsp3) is 0.600. The monoisotopic (exact) mass is 362 g/mol. The van der Waals surface area contributed by atoms with Crippen LogP contribution in [0.3, 0.4) is 0 Å². The zero-order valence-electron chi connectivity index (χ0n) is 15.9. The van der Waals surface area contributed by atoms with Gasteiger partial charge in [0.1, 0.15) is 12.6 Å². The smallest absolute Gasteiger partial charge is 0.407 e. The normalized spacial score (nSPS) is 18.5. The molecule has 1 N–H and O–H groups in total. The number of nitrogens with one attached hydrogen (secondary N) is 1. The van der Waals surface area contributed by atoms with Crippen molar-refractivity contribution in [2.24, 2.45) is 5.92 Å². The Kier molecular flexibility index (Phi) is 7.91. The molecule has 1 aliphatic heterocycles. The van der Waals surface area contributed by atoms with E-state index in [-0.39, 0.29) is 30.6 Å². The minimum Gasteiger partial charge on any atom is -0.468 e. The van der Waals surface area contributed by atoms with Crippen LogP contribution in [0.1, 0.15) is 38.7 Å². The Morgan fingerprint density at radius 3 is 2.65 bits per heavy atom. The second kappa shape index (κ2) is 10.2. The maximum atomic E-state index is 12.1. The second-order valence-electron chi connectivity index (χ2n) is 7.06. The molecule has 1 heterocycles. The van der Waals surface area contributed by atoms with Crippen molar-refractivity contribution in [3.8, 4) is 0 Å². The van der Waals surface area contributed by atoms with Gasteiger partial charge in [0, 0.05) is 12.6 Å². The molecule has 1 amide bonds. The predicted molar refractivity (Wildman–Crippen MR) is 99.6 cm³/mol.